The SMILES string of the molecule is O=C1C/C(=C\c2cnn3c(NCCc4cccc(F)c4)nc(N4CCC(F)C4)nc23)C(=O)N1. The van der Waals surface area contributed by atoms with Crippen molar-refractivity contribution in [3.8, 4) is 0 Å². The molecule has 0 spiro atoms. The number of alkyl halides is 1. The van der Waals surface area contributed by atoms with Crippen molar-refractivity contribution in [3.63, 3.8) is 0 Å². The first-order valence-corrected chi connectivity index (χ1v) is 10.6. The Balaban J connectivity index is 1.47. The third-order valence-corrected chi connectivity index (χ3v) is 5.61. The van der Waals surface area contributed by atoms with Crippen LogP contribution < -0.4 is 15.5 Å². The van der Waals surface area contributed by atoms with E-state index in [1.54, 1.807) is 17.0 Å². The van der Waals surface area contributed by atoms with Crippen LogP contribution in [0.4, 0.5) is 20.7 Å². The number of amides is 2. The molecule has 0 saturated carbocycles. The lowest BCUT2D eigenvalue weighted by molar-refractivity contribution is -0.124. The predicted molar refractivity (Wildman–Crippen MR) is 117 cm³/mol. The second kappa shape index (κ2) is 8.57. The van der Waals surface area contributed by atoms with E-state index in [9.17, 15) is 18.4 Å². The van der Waals surface area contributed by atoms with Gasteiger partial charge in [-0.15, -0.1) is 0 Å². The molecule has 2 fully saturated rings. The topological polar surface area (TPSA) is 105 Å². The fourth-order valence-corrected chi connectivity index (χ4v) is 3.96. The summed E-state index contributed by atoms with van der Waals surface area (Å²) in [5, 5.41) is 9.80. The second-order valence-electron chi connectivity index (χ2n) is 8.04. The molecule has 2 aliphatic heterocycles. The summed E-state index contributed by atoms with van der Waals surface area (Å²) in [7, 11) is 0. The number of carbonyl (C=O) groups is 2. The van der Waals surface area contributed by atoms with Gasteiger partial charge in [0.15, 0.2) is 5.65 Å². The van der Waals surface area contributed by atoms with Gasteiger partial charge in [-0.1, -0.05) is 12.1 Å². The molecule has 11 heteroatoms. The molecule has 9 nitrogen and oxygen atoms in total. The predicted octanol–water partition coefficient (Wildman–Crippen LogP) is 1.90. The highest BCUT2D eigenvalue weighted by Crippen LogP contribution is 2.24. The average molecular weight is 453 g/mol. The number of aromatic nitrogens is 4. The minimum Gasteiger partial charge on any atom is -0.354 e. The summed E-state index contributed by atoms with van der Waals surface area (Å²) in [6, 6.07) is 6.36. The minimum atomic E-state index is -0.950. The third-order valence-electron chi connectivity index (χ3n) is 5.61. The molecule has 4 heterocycles. The number of rotatable bonds is 6. The highest BCUT2D eigenvalue weighted by Gasteiger charge is 2.27. The zero-order valence-electron chi connectivity index (χ0n) is 17.6. The number of halogens is 2. The van der Waals surface area contributed by atoms with Crippen molar-refractivity contribution in [3.05, 3.63) is 53.0 Å². The van der Waals surface area contributed by atoms with Crippen LogP contribution in [0.3, 0.4) is 0 Å². The Morgan fingerprint density at radius 1 is 1.27 bits per heavy atom. The summed E-state index contributed by atoms with van der Waals surface area (Å²) >= 11 is 0. The van der Waals surface area contributed by atoms with E-state index in [0.29, 0.717) is 54.6 Å². The summed E-state index contributed by atoms with van der Waals surface area (Å²) in [6.45, 7) is 1.13. The van der Waals surface area contributed by atoms with Gasteiger partial charge in [-0.2, -0.15) is 19.6 Å². The molecule has 170 valence electrons. The monoisotopic (exact) mass is 453 g/mol. The van der Waals surface area contributed by atoms with E-state index in [0.717, 1.165) is 5.56 Å². The van der Waals surface area contributed by atoms with Gasteiger partial charge < -0.3 is 10.2 Å². The largest absolute Gasteiger partial charge is 0.354 e. The van der Waals surface area contributed by atoms with Gasteiger partial charge in [0.25, 0.3) is 5.91 Å². The van der Waals surface area contributed by atoms with Crippen LogP contribution in [0.15, 0.2) is 36.0 Å². The molecular formula is C22H21F2N7O2. The Morgan fingerprint density at radius 3 is 2.88 bits per heavy atom. The van der Waals surface area contributed by atoms with Crippen molar-refractivity contribution in [1.82, 2.24) is 24.9 Å². The zero-order valence-corrected chi connectivity index (χ0v) is 17.6. The number of nitrogens with one attached hydrogen (secondary N) is 2. The van der Waals surface area contributed by atoms with Crippen LogP contribution in [-0.2, 0) is 16.0 Å². The Kier molecular flexibility index (Phi) is 5.45. The Morgan fingerprint density at radius 2 is 2.15 bits per heavy atom. The number of anilines is 2. The standard InChI is InChI=1S/C22H21F2N7O2/c23-16-3-1-2-13(8-16)4-6-25-21-29-22(30-7-5-17(24)12-30)28-19-15(11-26-31(19)21)9-14-10-18(32)27-20(14)33/h1-3,8-9,11,17H,4-7,10,12H2,(H,25,28,29)(H,27,32,33)/b14-9+. The van der Waals surface area contributed by atoms with E-state index in [4.69, 9.17) is 0 Å². The second-order valence-corrected chi connectivity index (χ2v) is 8.04. The van der Waals surface area contributed by atoms with Gasteiger partial charge in [0.2, 0.25) is 17.8 Å². The molecule has 2 aromatic heterocycles. The Hall–Kier alpha value is -3.89. The number of nitrogens with zero attached hydrogens (tertiary/aromatic N) is 5. The smallest absolute Gasteiger partial charge is 0.254 e. The van der Waals surface area contributed by atoms with Crippen LogP contribution in [0.2, 0.25) is 0 Å². The molecule has 2 aliphatic rings. The number of fused-ring (bicyclic) bond motifs is 1. The zero-order chi connectivity index (χ0) is 22.9. The van der Waals surface area contributed by atoms with Gasteiger partial charge in [0.1, 0.15) is 12.0 Å². The number of carbonyl (C=O) groups excluding carboxylic acids is 2. The van der Waals surface area contributed by atoms with Crippen molar-refractivity contribution in [2.75, 3.05) is 29.9 Å². The van der Waals surface area contributed by atoms with E-state index in [2.05, 4.69) is 25.7 Å². The Labute approximate surface area is 187 Å². The van der Waals surface area contributed by atoms with Crippen LogP contribution >= 0.6 is 0 Å². The number of hydrogen-bond acceptors (Lipinski definition) is 7. The van der Waals surface area contributed by atoms with Crippen LogP contribution in [0.5, 0.6) is 0 Å². The van der Waals surface area contributed by atoms with Gasteiger partial charge in [-0.05, 0) is 36.6 Å². The van der Waals surface area contributed by atoms with Gasteiger partial charge in [0, 0.05) is 24.2 Å². The summed E-state index contributed by atoms with van der Waals surface area (Å²) < 4.78 is 28.8. The highest BCUT2D eigenvalue weighted by atomic mass is 19.1. The molecule has 1 unspecified atom stereocenters. The quantitative estimate of drug-likeness (QED) is 0.434. The average Bonchev–Trinajstić information content (AvgIpc) is 3.47. The van der Waals surface area contributed by atoms with Gasteiger partial charge >= 0.3 is 0 Å². The maximum atomic E-state index is 13.8. The molecule has 3 aromatic rings. The van der Waals surface area contributed by atoms with Gasteiger partial charge in [0.05, 0.1) is 19.2 Å². The summed E-state index contributed by atoms with van der Waals surface area (Å²) in [5.41, 5.74) is 2.12. The lowest BCUT2D eigenvalue weighted by atomic mass is 10.1. The lowest BCUT2D eigenvalue weighted by Gasteiger charge is -2.17. The number of imide groups is 1. The molecule has 0 aliphatic carbocycles. The van der Waals surface area contributed by atoms with Gasteiger partial charge in [-0.3, -0.25) is 14.9 Å². The van der Waals surface area contributed by atoms with Crippen molar-refractivity contribution in [2.24, 2.45) is 0 Å². The maximum absolute atomic E-state index is 13.8. The normalized spacial score (nSPS) is 19.6. The van der Waals surface area contributed by atoms with E-state index in [1.165, 1.54) is 22.8 Å². The van der Waals surface area contributed by atoms with E-state index < -0.39 is 12.1 Å². The summed E-state index contributed by atoms with van der Waals surface area (Å²) in [5.74, 6) is -0.354. The van der Waals surface area contributed by atoms with Crippen LogP contribution in [-0.4, -0.2) is 57.2 Å². The third kappa shape index (κ3) is 4.38. The Bertz CT molecular complexity index is 1270. The number of hydrogen-bond donors (Lipinski definition) is 2. The molecule has 33 heavy (non-hydrogen) atoms. The minimum absolute atomic E-state index is 0.0114. The lowest BCUT2D eigenvalue weighted by Crippen LogP contribution is -2.24. The molecule has 1 aromatic carbocycles. The highest BCUT2D eigenvalue weighted by molar-refractivity contribution is 6.15. The van der Waals surface area contributed by atoms with Crippen molar-refractivity contribution in [2.45, 2.75) is 25.4 Å². The summed E-state index contributed by atoms with van der Waals surface area (Å²) in [6.07, 6.45) is 3.11. The molecule has 0 bridgehead atoms. The van der Waals surface area contributed by atoms with E-state index in [-0.39, 0.29) is 24.7 Å². The van der Waals surface area contributed by atoms with Crippen LogP contribution in [0, 0.1) is 5.82 Å². The molecule has 1 atom stereocenters. The fourth-order valence-electron chi connectivity index (χ4n) is 3.96. The summed E-state index contributed by atoms with van der Waals surface area (Å²) in [4.78, 5) is 34.4. The first-order chi connectivity index (χ1) is 16.0. The van der Waals surface area contributed by atoms with Crippen molar-refractivity contribution < 1.29 is 18.4 Å². The first kappa shape index (κ1) is 21.0. The molecule has 2 saturated heterocycles. The fraction of sp³-hybridized carbons (Fsp3) is 0.318. The van der Waals surface area contributed by atoms with E-state index in [1.807, 2.05) is 6.07 Å². The van der Waals surface area contributed by atoms with Gasteiger partial charge in [-0.25, -0.2) is 8.78 Å². The molecular weight excluding hydrogens is 432 g/mol. The number of benzene rings is 1. The van der Waals surface area contributed by atoms with E-state index >= 15 is 0 Å². The van der Waals surface area contributed by atoms with Crippen LogP contribution in [0.1, 0.15) is 24.0 Å². The molecule has 5 rings (SSSR count). The molecule has 2 amide bonds. The molecule has 2 N–H and O–H groups in total. The molecule has 0 radical (unpaired) electrons. The van der Waals surface area contributed by atoms with Crippen molar-refractivity contribution >= 4 is 35.4 Å². The maximum Gasteiger partial charge on any atom is 0.254 e. The first-order valence-electron chi connectivity index (χ1n) is 10.6. The van der Waals surface area contributed by atoms with Crippen LogP contribution in [0.25, 0.3) is 11.7 Å². The van der Waals surface area contributed by atoms with Crippen molar-refractivity contribution in [1.29, 1.82) is 0 Å².